The van der Waals surface area contributed by atoms with Gasteiger partial charge in [-0.25, -0.2) is 0 Å². The molecule has 0 saturated heterocycles. The first-order valence-electron chi connectivity index (χ1n) is 1.46. The summed E-state index contributed by atoms with van der Waals surface area (Å²) in [5, 5.41) is 0. The molecule has 0 N–H and O–H groups in total. The van der Waals surface area contributed by atoms with E-state index in [1.165, 1.54) is 0 Å². The molecular formula is Na2O8P2Zr. The van der Waals surface area contributed by atoms with Crippen LogP contribution >= 0.6 is 15.6 Å². The summed E-state index contributed by atoms with van der Waals surface area (Å²) in [6.45, 7) is 0. The molecule has 0 spiro atoms. The third kappa shape index (κ3) is 269. The number of phosphoric acid groups is 2. The fraction of sp³-hybridized carbons (Fsp3) is 0. The minimum atomic E-state index is -5.39. The monoisotopic (exact) mass is 326 g/mol. The van der Waals surface area contributed by atoms with Crippen molar-refractivity contribution in [1.29, 1.82) is 0 Å². The molecule has 0 fully saturated rings. The van der Waals surface area contributed by atoms with Gasteiger partial charge in [0.2, 0.25) is 0 Å². The molecule has 0 bridgehead atoms. The van der Waals surface area contributed by atoms with E-state index in [0.29, 0.717) is 0 Å². The van der Waals surface area contributed by atoms with Crippen molar-refractivity contribution in [1.82, 2.24) is 0 Å². The van der Waals surface area contributed by atoms with Crippen LogP contribution in [0.5, 0.6) is 0 Å². The Bertz CT molecular complexity index is 132. The van der Waals surface area contributed by atoms with Gasteiger partial charge >= 0.3 is 85.3 Å². The summed E-state index contributed by atoms with van der Waals surface area (Å²) in [6, 6.07) is 0. The van der Waals surface area contributed by atoms with E-state index in [2.05, 4.69) is 0 Å². The molecule has 13 heavy (non-hydrogen) atoms. The molecule has 0 saturated carbocycles. The van der Waals surface area contributed by atoms with Crippen molar-refractivity contribution in [3.63, 3.8) is 0 Å². The average molecular weight is 327 g/mol. The van der Waals surface area contributed by atoms with Crippen molar-refractivity contribution >= 4 is 15.6 Å². The molecule has 8 nitrogen and oxygen atoms in total. The van der Waals surface area contributed by atoms with E-state index in [4.69, 9.17) is 38.5 Å². The predicted octanol–water partition coefficient (Wildman–Crippen LogP) is -11.6. The van der Waals surface area contributed by atoms with Gasteiger partial charge in [-0.1, -0.05) is 0 Å². The number of rotatable bonds is 0. The second kappa shape index (κ2) is 13.2. The van der Waals surface area contributed by atoms with Gasteiger partial charge in [0.15, 0.2) is 0 Å². The van der Waals surface area contributed by atoms with Crippen LogP contribution in [0.15, 0.2) is 0 Å². The van der Waals surface area contributed by atoms with Gasteiger partial charge in [0.25, 0.3) is 0 Å². The molecular weight excluding hydrogens is 327 g/mol. The Hall–Kier alpha value is 3.10. The van der Waals surface area contributed by atoms with Crippen LogP contribution in [0.2, 0.25) is 0 Å². The van der Waals surface area contributed by atoms with Crippen LogP contribution < -0.4 is 88.5 Å². The summed E-state index contributed by atoms with van der Waals surface area (Å²) in [4.78, 5) is 51.3. The van der Waals surface area contributed by atoms with Gasteiger partial charge in [0.05, 0.1) is 0 Å². The van der Waals surface area contributed by atoms with Gasteiger partial charge in [-0.2, -0.15) is 15.6 Å². The van der Waals surface area contributed by atoms with Crippen molar-refractivity contribution in [3.8, 4) is 0 Å². The smallest absolute Gasteiger partial charge is 0.822 e. The summed E-state index contributed by atoms with van der Waals surface area (Å²) in [6.07, 6.45) is 0. The molecule has 13 heteroatoms. The quantitative estimate of drug-likeness (QED) is 0.311. The molecule has 0 heterocycles. The van der Waals surface area contributed by atoms with Crippen molar-refractivity contribution in [3.05, 3.63) is 0 Å². The zero-order valence-electron chi connectivity index (χ0n) is 6.66. The zero-order valence-corrected chi connectivity index (χ0v) is 14.9. The van der Waals surface area contributed by atoms with Crippen LogP contribution in [-0.2, 0) is 35.3 Å². The minimum absolute atomic E-state index is 0. The Labute approximate surface area is 137 Å². The average Bonchev–Trinajstić information content (AvgIpc) is 1.12. The van der Waals surface area contributed by atoms with Crippen LogP contribution in [0.1, 0.15) is 0 Å². The van der Waals surface area contributed by atoms with Gasteiger partial charge in [0, 0.05) is 0 Å². The molecule has 0 amide bonds. The zero-order chi connectivity index (χ0) is 9.00. The van der Waals surface area contributed by atoms with E-state index in [9.17, 15) is 0 Å². The third-order valence-electron chi connectivity index (χ3n) is 0. The minimum Gasteiger partial charge on any atom is -0.822 e. The van der Waals surface area contributed by atoms with Gasteiger partial charge in [0.1, 0.15) is 0 Å². The van der Waals surface area contributed by atoms with Crippen LogP contribution in [0.3, 0.4) is 0 Å². The maximum absolute atomic E-state index is 8.55. The van der Waals surface area contributed by atoms with E-state index in [-0.39, 0.29) is 85.3 Å². The molecule has 0 aliphatic carbocycles. The van der Waals surface area contributed by atoms with Crippen molar-refractivity contribution < 1.29 is 124 Å². The first-order valence-corrected chi connectivity index (χ1v) is 4.38. The van der Waals surface area contributed by atoms with Gasteiger partial charge in [-0.05, 0) is 0 Å². The fourth-order valence-electron chi connectivity index (χ4n) is 0. The normalized spacial score (nSPS) is 9.08. The SMILES string of the molecule is O=P([O-])([O-])[O-].O=P([O-])([O-])[O-].[Na+].[Na+].[Zr+4]. The van der Waals surface area contributed by atoms with E-state index < -0.39 is 15.6 Å². The molecule has 64 valence electrons. The molecule has 0 aliphatic rings. The molecule has 0 rings (SSSR count). The maximum Gasteiger partial charge on any atom is 4.00 e. The fourth-order valence-corrected chi connectivity index (χ4v) is 0. The largest absolute Gasteiger partial charge is 4.00 e. The maximum atomic E-state index is 8.55. The topological polar surface area (TPSA) is 172 Å². The second-order valence-corrected chi connectivity index (χ2v) is 2.68. The summed E-state index contributed by atoms with van der Waals surface area (Å²) in [7, 11) is -10.8. The number of hydrogen-bond acceptors (Lipinski definition) is 8. The van der Waals surface area contributed by atoms with Crippen LogP contribution in [0, 0.1) is 0 Å². The molecule has 0 radical (unpaired) electrons. The summed E-state index contributed by atoms with van der Waals surface area (Å²) in [5.41, 5.74) is 0. The van der Waals surface area contributed by atoms with Crippen LogP contribution in [0.4, 0.5) is 0 Å². The third-order valence-corrected chi connectivity index (χ3v) is 0. The van der Waals surface area contributed by atoms with Crippen molar-refractivity contribution in [2.24, 2.45) is 0 Å². The summed E-state index contributed by atoms with van der Waals surface area (Å²) < 4.78 is 17.1. The van der Waals surface area contributed by atoms with Gasteiger partial charge in [-0.15, -0.1) is 0 Å². The molecule has 0 aromatic carbocycles. The van der Waals surface area contributed by atoms with E-state index in [1.807, 2.05) is 0 Å². The van der Waals surface area contributed by atoms with E-state index >= 15 is 0 Å². The Morgan fingerprint density at radius 3 is 0.615 bits per heavy atom. The van der Waals surface area contributed by atoms with Gasteiger partial charge in [-0.3, -0.25) is 0 Å². The van der Waals surface area contributed by atoms with Crippen LogP contribution in [-0.4, -0.2) is 0 Å². The van der Waals surface area contributed by atoms with E-state index in [0.717, 1.165) is 0 Å². The first-order chi connectivity index (χ1) is 4.00. The Kier molecular flexibility index (Phi) is 30.2. The Balaban J connectivity index is -0.0000000267. The van der Waals surface area contributed by atoms with Crippen molar-refractivity contribution in [2.75, 3.05) is 0 Å². The summed E-state index contributed by atoms with van der Waals surface area (Å²) >= 11 is 0. The first kappa shape index (κ1) is 29.8. The van der Waals surface area contributed by atoms with Gasteiger partial charge < -0.3 is 38.5 Å². The molecule has 0 aromatic heterocycles. The second-order valence-electron chi connectivity index (χ2n) is 0.894. The standard InChI is InChI=1S/2Na.2H3O4P.Zr/c;;2*1-5(2,3)4;/h;;2*(H3,1,2,3,4);/q2*+1;;;+4/p-6. The van der Waals surface area contributed by atoms with Crippen molar-refractivity contribution in [2.45, 2.75) is 0 Å². The Morgan fingerprint density at radius 2 is 0.615 bits per heavy atom. The summed E-state index contributed by atoms with van der Waals surface area (Å²) in [5.74, 6) is 0. The van der Waals surface area contributed by atoms with Crippen LogP contribution in [0.25, 0.3) is 0 Å². The molecule has 0 atom stereocenters. The Morgan fingerprint density at radius 1 is 0.615 bits per heavy atom. The number of hydrogen-bond donors (Lipinski definition) is 0. The van der Waals surface area contributed by atoms with E-state index in [1.54, 1.807) is 0 Å². The molecule has 0 aliphatic heterocycles. The molecule has 0 aromatic rings. The predicted molar refractivity (Wildman–Crippen MR) is 15.2 cm³/mol. The molecule has 0 unspecified atom stereocenters.